The monoisotopic (exact) mass is 215 g/mol. The Bertz CT molecular complexity index is 373. The van der Waals surface area contributed by atoms with Gasteiger partial charge in [-0.15, -0.1) is 11.3 Å². The maximum absolute atomic E-state index is 5.72. The predicted octanol–water partition coefficient (Wildman–Crippen LogP) is 2.40. The smallest absolute Gasteiger partial charge is 0.169 e. The lowest BCUT2D eigenvalue weighted by Gasteiger charge is -1.96. The van der Waals surface area contributed by atoms with E-state index >= 15 is 0 Å². The summed E-state index contributed by atoms with van der Waals surface area (Å²) in [7, 11) is 0. The standard InChI is InChI=1S/C7H6ClN3OS/c8-5-3-10-7(13-5)4-9-6-1-2-12-11-6/h1-3H,4H2,(H,9,11). The van der Waals surface area contributed by atoms with E-state index in [0.29, 0.717) is 16.7 Å². The van der Waals surface area contributed by atoms with E-state index in [4.69, 9.17) is 11.6 Å². The molecule has 2 heterocycles. The van der Waals surface area contributed by atoms with Gasteiger partial charge in [0, 0.05) is 6.07 Å². The molecule has 0 bridgehead atoms. The predicted molar refractivity (Wildman–Crippen MR) is 51.0 cm³/mol. The number of anilines is 1. The van der Waals surface area contributed by atoms with Gasteiger partial charge in [-0.05, 0) is 0 Å². The van der Waals surface area contributed by atoms with Crippen LogP contribution in [0.25, 0.3) is 0 Å². The molecule has 0 fully saturated rings. The van der Waals surface area contributed by atoms with Gasteiger partial charge in [-0.2, -0.15) is 0 Å². The Balaban J connectivity index is 1.93. The van der Waals surface area contributed by atoms with Crippen LogP contribution in [0.4, 0.5) is 5.82 Å². The van der Waals surface area contributed by atoms with E-state index in [1.165, 1.54) is 17.6 Å². The molecule has 68 valence electrons. The zero-order valence-corrected chi connectivity index (χ0v) is 8.10. The van der Waals surface area contributed by atoms with Crippen molar-refractivity contribution in [1.29, 1.82) is 0 Å². The molecule has 2 aromatic heterocycles. The van der Waals surface area contributed by atoms with Gasteiger partial charge in [0.15, 0.2) is 5.82 Å². The van der Waals surface area contributed by atoms with Crippen molar-refractivity contribution in [2.24, 2.45) is 0 Å². The summed E-state index contributed by atoms with van der Waals surface area (Å²) < 4.78 is 5.34. The van der Waals surface area contributed by atoms with Crippen molar-refractivity contribution in [3.63, 3.8) is 0 Å². The molecule has 0 saturated carbocycles. The molecule has 0 amide bonds. The molecule has 0 aromatic carbocycles. The van der Waals surface area contributed by atoms with Crippen molar-refractivity contribution in [3.05, 3.63) is 27.9 Å². The summed E-state index contributed by atoms with van der Waals surface area (Å²) in [6.07, 6.45) is 3.14. The third-order valence-corrected chi connectivity index (χ3v) is 2.50. The fourth-order valence-corrected chi connectivity index (χ4v) is 1.74. The molecule has 0 saturated heterocycles. The van der Waals surface area contributed by atoms with Gasteiger partial charge in [0.2, 0.25) is 0 Å². The summed E-state index contributed by atoms with van der Waals surface area (Å²) >= 11 is 7.16. The van der Waals surface area contributed by atoms with Gasteiger partial charge < -0.3 is 9.84 Å². The van der Waals surface area contributed by atoms with E-state index in [-0.39, 0.29) is 0 Å². The summed E-state index contributed by atoms with van der Waals surface area (Å²) in [5.41, 5.74) is 0. The van der Waals surface area contributed by atoms with Gasteiger partial charge in [0.1, 0.15) is 15.6 Å². The molecule has 0 atom stereocenters. The zero-order chi connectivity index (χ0) is 9.10. The van der Waals surface area contributed by atoms with Crippen LogP contribution in [0.5, 0.6) is 0 Å². The first-order valence-corrected chi connectivity index (χ1v) is 4.78. The molecule has 4 nitrogen and oxygen atoms in total. The number of nitrogens with one attached hydrogen (secondary N) is 1. The van der Waals surface area contributed by atoms with Crippen molar-refractivity contribution in [2.45, 2.75) is 6.54 Å². The fraction of sp³-hybridized carbons (Fsp3) is 0.143. The van der Waals surface area contributed by atoms with Crippen LogP contribution >= 0.6 is 22.9 Å². The van der Waals surface area contributed by atoms with Crippen LogP contribution in [0.15, 0.2) is 23.0 Å². The summed E-state index contributed by atoms with van der Waals surface area (Å²) in [6, 6.07) is 1.75. The highest BCUT2D eigenvalue weighted by atomic mass is 35.5. The molecular formula is C7H6ClN3OS. The maximum Gasteiger partial charge on any atom is 0.169 e. The second-order valence-electron chi connectivity index (χ2n) is 2.30. The first-order valence-electron chi connectivity index (χ1n) is 3.59. The third kappa shape index (κ3) is 2.19. The SMILES string of the molecule is Clc1cnc(CNc2ccon2)s1. The lowest BCUT2D eigenvalue weighted by molar-refractivity contribution is 0.422. The van der Waals surface area contributed by atoms with Crippen molar-refractivity contribution in [3.8, 4) is 0 Å². The molecule has 0 radical (unpaired) electrons. The Morgan fingerprint density at radius 2 is 2.54 bits per heavy atom. The minimum absolute atomic E-state index is 0.615. The lowest BCUT2D eigenvalue weighted by atomic mass is 10.6. The molecule has 13 heavy (non-hydrogen) atoms. The number of hydrogen-bond acceptors (Lipinski definition) is 5. The molecule has 0 unspecified atom stereocenters. The van der Waals surface area contributed by atoms with Crippen molar-refractivity contribution >= 4 is 28.8 Å². The second-order valence-corrected chi connectivity index (χ2v) is 4.04. The number of hydrogen-bond donors (Lipinski definition) is 1. The molecule has 0 aliphatic rings. The number of aromatic nitrogens is 2. The van der Waals surface area contributed by atoms with Crippen molar-refractivity contribution in [2.75, 3.05) is 5.32 Å². The summed E-state index contributed by atoms with van der Waals surface area (Å²) in [5, 5.41) is 7.66. The molecule has 1 N–H and O–H groups in total. The van der Waals surface area contributed by atoms with Crippen LogP contribution in [0, 0.1) is 0 Å². The Hall–Kier alpha value is -1.07. The molecule has 2 aromatic rings. The van der Waals surface area contributed by atoms with Crippen molar-refractivity contribution < 1.29 is 4.52 Å². The highest BCUT2D eigenvalue weighted by Crippen LogP contribution is 2.18. The second kappa shape index (κ2) is 3.76. The van der Waals surface area contributed by atoms with Gasteiger partial charge in [-0.1, -0.05) is 16.8 Å². The van der Waals surface area contributed by atoms with Gasteiger partial charge in [-0.3, -0.25) is 0 Å². The number of nitrogens with zero attached hydrogens (tertiary/aromatic N) is 2. The Morgan fingerprint density at radius 3 is 3.15 bits per heavy atom. The van der Waals surface area contributed by atoms with E-state index in [1.54, 1.807) is 12.3 Å². The minimum Gasteiger partial charge on any atom is -0.363 e. The molecule has 2 rings (SSSR count). The minimum atomic E-state index is 0.615. The lowest BCUT2D eigenvalue weighted by Crippen LogP contribution is -1.98. The van der Waals surface area contributed by atoms with Crippen LogP contribution in [0.1, 0.15) is 5.01 Å². The fourth-order valence-electron chi connectivity index (χ4n) is 0.840. The number of rotatable bonds is 3. The summed E-state index contributed by atoms with van der Waals surface area (Å²) in [6.45, 7) is 0.615. The Labute approximate surface area is 83.5 Å². The van der Waals surface area contributed by atoms with E-state index in [9.17, 15) is 0 Å². The summed E-state index contributed by atoms with van der Waals surface area (Å²) in [4.78, 5) is 4.08. The largest absolute Gasteiger partial charge is 0.363 e. The van der Waals surface area contributed by atoms with E-state index in [1.807, 2.05) is 0 Å². The van der Waals surface area contributed by atoms with Crippen LogP contribution in [-0.2, 0) is 6.54 Å². The van der Waals surface area contributed by atoms with Gasteiger partial charge in [0.25, 0.3) is 0 Å². The van der Waals surface area contributed by atoms with Crippen LogP contribution in [-0.4, -0.2) is 10.1 Å². The molecule has 6 heteroatoms. The Kier molecular flexibility index (Phi) is 2.47. The zero-order valence-electron chi connectivity index (χ0n) is 6.53. The summed E-state index contributed by atoms with van der Waals surface area (Å²) in [5.74, 6) is 0.700. The van der Waals surface area contributed by atoms with Gasteiger partial charge >= 0.3 is 0 Å². The molecule has 0 aliphatic carbocycles. The third-order valence-electron chi connectivity index (χ3n) is 1.38. The van der Waals surface area contributed by atoms with Crippen molar-refractivity contribution in [1.82, 2.24) is 10.1 Å². The van der Waals surface area contributed by atoms with E-state index in [2.05, 4.69) is 20.0 Å². The maximum atomic E-state index is 5.72. The van der Waals surface area contributed by atoms with E-state index in [0.717, 1.165) is 5.01 Å². The Morgan fingerprint density at radius 1 is 1.62 bits per heavy atom. The highest BCUT2D eigenvalue weighted by molar-refractivity contribution is 7.15. The number of thiazole rings is 1. The number of halogens is 1. The average molecular weight is 216 g/mol. The van der Waals surface area contributed by atoms with Crippen LogP contribution in [0.2, 0.25) is 4.34 Å². The first-order chi connectivity index (χ1) is 6.34. The normalized spacial score (nSPS) is 10.2. The molecule has 0 spiro atoms. The quantitative estimate of drug-likeness (QED) is 0.854. The van der Waals surface area contributed by atoms with Crippen LogP contribution < -0.4 is 5.32 Å². The van der Waals surface area contributed by atoms with Gasteiger partial charge in [0.05, 0.1) is 12.7 Å². The highest BCUT2D eigenvalue weighted by Gasteiger charge is 2.00. The topological polar surface area (TPSA) is 51.0 Å². The van der Waals surface area contributed by atoms with Gasteiger partial charge in [-0.25, -0.2) is 4.98 Å². The average Bonchev–Trinajstić information content (AvgIpc) is 2.71. The first kappa shape index (κ1) is 8.52. The molecular weight excluding hydrogens is 210 g/mol. The van der Waals surface area contributed by atoms with E-state index < -0.39 is 0 Å². The van der Waals surface area contributed by atoms with Crippen LogP contribution in [0.3, 0.4) is 0 Å². The molecule has 0 aliphatic heterocycles.